The van der Waals surface area contributed by atoms with Gasteiger partial charge in [-0.15, -0.1) is 0 Å². The van der Waals surface area contributed by atoms with Crippen molar-refractivity contribution in [2.24, 2.45) is 0 Å². The van der Waals surface area contributed by atoms with Gasteiger partial charge in [0.1, 0.15) is 23.4 Å². The van der Waals surface area contributed by atoms with E-state index < -0.39 is 34.8 Å². The molecule has 33 heavy (non-hydrogen) atoms. The number of nitrogens with zero attached hydrogens (tertiary/aromatic N) is 3. The number of likely N-dealkylation sites (tertiary alicyclic amines) is 1. The second-order valence-electron chi connectivity index (χ2n) is 7.98. The van der Waals surface area contributed by atoms with Crippen molar-refractivity contribution in [3.63, 3.8) is 0 Å². The molecule has 2 aromatic heterocycles. The van der Waals surface area contributed by atoms with Crippen LogP contribution < -0.4 is 5.56 Å². The van der Waals surface area contributed by atoms with E-state index in [1.165, 1.54) is 22.9 Å². The van der Waals surface area contributed by atoms with Crippen LogP contribution in [0, 0.1) is 5.82 Å². The van der Waals surface area contributed by atoms with E-state index in [4.69, 9.17) is 4.74 Å². The van der Waals surface area contributed by atoms with Gasteiger partial charge in [-0.3, -0.25) is 9.36 Å². The van der Waals surface area contributed by atoms with Gasteiger partial charge in [-0.2, -0.15) is 0 Å². The standard InChI is InChI=1S/C24H25F2N3O4/c1-2-33-24(32)20-21(30)19-18(15-3-5-16(25)6-4-15)7-10-27-22(19)29(23(20)31)14-13-28-11-8-17(26)9-12-28/h3-7,10,17,30H,2,8-9,11-14H2,1H3. The van der Waals surface area contributed by atoms with Crippen LogP contribution in [0.2, 0.25) is 0 Å². The normalized spacial score (nSPS) is 15.1. The van der Waals surface area contributed by atoms with Crippen molar-refractivity contribution < 1.29 is 23.4 Å². The Kier molecular flexibility index (Phi) is 6.69. The van der Waals surface area contributed by atoms with Gasteiger partial charge >= 0.3 is 5.97 Å². The highest BCUT2D eigenvalue weighted by Gasteiger charge is 2.26. The van der Waals surface area contributed by atoms with Crippen molar-refractivity contribution >= 4 is 17.0 Å². The molecule has 0 aliphatic carbocycles. The third-order valence-electron chi connectivity index (χ3n) is 5.91. The fourth-order valence-electron chi connectivity index (χ4n) is 4.18. The Bertz CT molecular complexity index is 1220. The lowest BCUT2D eigenvalue weighted by atomic mass is 10.0. The average molecular weight is 457 g/mol. The predicted octanol–water partition coefficient (Wildman–Crippen LogP) is 3.52. The van der Waals surface area contributed by atoms with E-state index in [0.29, 0.717) is 43.6 Å². The molecular weight excluding hydrogens is 432 g/mol. The lowest BCUT2D eigenvalue weighted by Crippen LogP contribution is -2.38. The number of aromatic nitrogens is 2. The van der Waals surface area contributed by atoms with Crippen LogP contribution in [0.15, 0.2) is 41.3 Å². The highest BCUT2D eigenvalue weighted by molar-refractivity contribution is 6.04. The number of alkyl halides is 1. The first-order valence-electron chi connectivity index (χ1n) is 10.9. The Morgan fingerprint density at radius 2 is 1.88 bits per heavy atom. The van der Waals surface area contributed by atoms with Crippen LogP contribution in [0.3, 0.4) is 0 Å². The summed E-state index contributed by atoms with van der Waals surface area (Å²) >= 11 is 0. The van der Waals surface area contributed by atoms with E-state index in [0.717, 1.165) is 0 Å². The number of halogens is 2. The summed E-state index contributed by atoms with van der Waals surface area (Å²) in [5.74, 6) is -1.86. The average Bonchev–Trinajstić information content (AvgIpc) is 2.80. The van der Waals surface area contributed by atoms with Crippen LogP contribution in [0.25, 0.3) is 22.2 Å². The minimum absolute atomic E-state index is 0.0335. The van der Waals surface area contributed by atoms with Gasteiger partial charge in [-0.25, -0.2) is 18.6 Å². The topological polar surface area (TPSA) is 84.7 Å². The SMILES string of the molecule is CCOC(=O)c1c(O)c2c(-c3ccc(F)cc3)ccnc2n(CCN2CCC(F)CC2)c1=O. The summed E-state index contributed by atoms with van der Waals surface area (Å²) in [4.78, 5) is 32.2. The molecule has 1 N–H and O–H groups in total. The lowest BCUT2D eigenvalue weighted by Gasteiger charge is -2.28. The second-order valence-corrected chi connectivity index (χ2v) is 7.98. The van der Waals surface area contributed by atoms with Crippen molar-refractivity contribution in [1.82, 2.24) is 14.5 Å². The molecule has 1 saturated heterocycles. The van der Waals surface area contributed by atoms with Gasteiger partial charge in [-0.1, -0.05) is 12.1 Å². The number of carbonyl (C=O) groups excluding carboxylic acids is 1. The Hall–Kier alpha value is -3.33. The van der Waals surface area contributed by atoms with E-state index in [-0.39, 0.29) is 24.2 Å². The van der Waals surface area contributed by atoms with Gasteiger partial charge in [0.15, 0.2) is 5.56 Å². The van der Waals surface area contributed by atoms with Crippen molar-refractivity contribution in [2.45, 2.75) is 32.5 Å². The van der Waals surface area contributed by atoms with Gasteiger partial charge < -0.3 is 14.7 Å². The number of aromatic hydroxyl groups is 1. The maximum Gasteiger partial charge on any atom is 0.347 e. The molecule has 0 amide bonds. The predicted molar refractivity (Wildman–Crippen MR) is 120 cm³/mol. The number of carbonyl (C=O) groups is 1. The molecule has 174 valence electrons. The Balaban J connectivity index is 1.86. The van der Waals surface area contributed by atoms with Crippen LogP contribution in [0.4, 0.5) is 8.78 Å². The molecule has 1 fully saturated rings. The van der Waals surface area contributed by atoms with Gasteiger partial charge in [-0.05, 0) is 49.1 Å². The monoisotopic (exact) mass is 457 g/mol. The smallest absolute Gasteiger partial charge is 0.347 e. The minimum atomic E-state index is -0.928. The molecular formula is C24H25F2N3O4. The summed E-state index contributed by atoms with van der Waals surface area (Å²) in [7, 11) is 0. The number of piperidine rings is 1. The number of ether oxygens (including phenoxy) is 1. The molecule has 0 radical (unpaired) electrons. The largest absolute Gasteiger partial charge is 0.506 e. The number of fused-ring (bicyclic) bond motifs is 1. The van der Waals surface area contributed by atoms with Crippen molar-refractivity contribution in [3.05, 3.63) is 58.3 Å². The third kappa shape index (κ3) is 4.59. The van der Waals surface area contributed by atoms with E-state index in [1.807, 2.05) is 0 Å². The zero-order chi connectivity index (χ0) is 23.5. The van der Waals surface area contributed by atoms with Crippen molar-refractivity contribution in [3.8, 4) is 16.9 Å². The molecule has 0 unspecified atom stereocenters. The molecule has 3 heterocycles. The number of pyridine rings is 2. The van der Waals surface area contributed by atoms with E-state index in [1.54, 1.807) is 25.1 Å². The van der Waals surface area contributed by atoms with Crippen molar-refractivity contribution in [1.29, 1.82) is 0 Å². The molecule has 0 bridgehead atoms. The first kappa shape index (κ1) is 22.8. The zero-order valence-electron chi connectivity index (χ0n) is 18.3. The first-order chi connectivity index (χ1) is 15.9. The van der Waals surface area contributed by atoms with E-state index in [9.17, 15) is 23.5 Å². The maximum absolute atomic E-state index is 13.5. The Morgan fingerprint density at radius 1 is 1.18 bits per heavy atom. The fraction of sp³-hybridized carbons (Fsp3) is 0.375. The van der Waals surface area contributed by atoms with Crippen molar-refractivity contribution in [2.75, 3.05) is 26.2 Å². The van der Waals surface area contributed by atoms with Gasteiger partial charge in [0.2, 0.25) is 0 Å². The van der Waals surface area contributed by atoms with Gasteiger partial charge in [0.05, 0.1) is 12.0 Å². The van der Waals surface area contributed by atoms with Crippen LogP contribution in [0.1, 0.15) is 30.1 Å². The number of esters is 1. The molecule has 0 atom stereocenters. The third-order valence-corrected chi connectivity index (χ3v) is 5.91. The van der Waals surface area contributed by atoms with Gasteiger partial charge in [0.25, 0.3) is 5.56 Å². The number of rotatable bonds is 6. The molecule has 1 aromatic carbocycles. The molecule has 9 heteroatoms. The summed E-state index contributed by atoms with van der Waals surface area (Å²) in [6.07, 6.45) is 1.56. The van der Waals surface area contributed by atoms with Crippen LogP contribution in [-0.2, 0) is 11.3 Å². The second kappa shape index (κ2) is 9.66. The fourth-order valence-corrected chi connectivity index (χ4v) is 4.18. The summed E-state index contributed by atoms with van der Waals surface area (Å²) in [6, 6.07) is 7.30. The maximum atomic E-state index is 13.5. The summed E-state index contributed by atoms with van der Waals surface area (Å²) < 4.78 is 33.3. The summed E-state index contributed by atoms with van der Waals surface area (Å²) in [5, 5.41) is 11.2. The molecule has 7 nitrogen and oxygen atoms in total. The van der Waals surface area contributed by atoms with E-state index >= 15 is 0 Å². The zero-order valence-corrected chi connectivity index (χ0v) is 18.3. The summed E-state index contributed by atoms with van der Waals surface area (Å²) in [5.41, 5.74) is 0.109. The molecule has 3 aromatic rings. The Labute approximate surface area is 189 Å². The molecule has 0 spiro atoms. The molecule has 0 saturated carbocycles. The highest BCUT2D eigenvalue weighted by atomic mass is 19.1. The number of hydrogen-bond acceptors (Lipinski definition) is 6. The van der Waals surface area contributed by atoms with Crippen LogP contribution in [-0.4, -0.2) is 57.9 Å². The molecule has 1 aliphatic heterocycles. The number of hydrogen-bond donors (Lipinski definition) is 1. The van der Waals surface area contributed by atoms with Crippen LogP contribution in [0.5, 0.6) is 5.75 Å². The van der Waals surface area contributed by atoms with Gasteiger partial charge in [0, 0.05) is 32.4 Å². The Morgan fingerprint density at radius 3 is 2.55 bits per heavy atom. The minimum Gasteiger partial charge on any atom is -0.506 e. The summed E-state index contributed by atoms with van der Waals surface area (Å²) in [6.45, 7) is 3.44. The first-order valence-corrected chi connectivity index (χ1v) is 10.9. The highest BCUT2D eigenvalue weighted by Crippen LogP contribution is 2.35. The van der Waals surface area contributed by atoms with Crippen LogP contribution >= 0.6 is 0 Å². The number of benzene rings is 1. The van der Waals surface area contributed by atoms with E-state index in [2.05, 4.69) is 9.88 Å². The molecule has 1 aliphatic rings. The quantitative estimate of drug-likeness (QED) is 0.571. The molecule has 4 rings (SSSR count). The lowest BCUT2D eigenvalue weighted by molar-refractivity contribution is 0.0520.